The number of hydrogen-bond donors (Lipinski definition) is 1. The molecule has 1 heterocycles. The number of aromatic nitrogens is 1. The molecule has 1 aromatic carbocycles. The fourth-order valence-corrected chi connectivity index (χ4v) is 2.88. The number of thiazole rings is 1. The number of nitrogens with one attached hydrogen (secondary N) is 1. The van der Waals surface area contributed by atoms with Crippen molar-refractivity contribution in [2.45, 2.75) is 40.0 Å². The third kappa shape index (κ3) is 5.95. The van der Waals surface area contributed by atoms with Gasteiger partial charge >= 0.3 is 5.97 Å². The number of esters is 1. The molecule has 0 radical (unpaired) electrons. The zero-order valence-electron chi connectivity index (χ0n) is 14.6. The van der Waals surface area contributed by atoms with Gasteiger partial charge < -0.3 is 14.8 Å². The van der Waals surface area contributed by atoms with Crippen molar-refractivity contribution in [3.8, 4) is 0 Å². The monoisotopic (exact) mass is 362 g/mol. The van der Waals surface area contributed by atoms with Crippen LogP contribution in [0.25, 0.3) is 0 Å². The number of carbonyl (C=O) groups excluding carboxylic acids is 2. The van der Waals surface area contributed by atoms with Crippen molar-refractivity contribution in [3.05, 3.63) is 51.5 Å². The van der Waals surface area contributed by atoms with Crippen LogP contribution in [0.1, 0.15) is 53.5 Å². The molecule has 0 saturated carbocycles. The Bertz CT molecular complexity index is 712. The fourth-order valence-electron chi connectivity index (χ4n) is 2.09. The van der Waals surface area contributed by atoms with Gasteiger partial charge in [-0.15, -0.1) is 11.3 Å². The molecule has 134 valence electrons. The predicted molar refractivity (Wildman–Crippen MR) is 95.2 cm³/mol. The van der Waals surface area contributed by atoms with Gasteiger partial charge in [-0.2, -0.15) is 0 Å². The third-order valence-corrected chi connectivity index (χ3v) is 4.44. The van der Waals surface area contributed by atoms with E-state index in [2.05, 4.69) is 10.3 Å². The minimum absolute atomic E-state index is 0.0701. The van der Waals surface area contributed by atoms with Crippen LogP contribution in [-0.4, -0.2) is 23.5 Å². The van der Waals surface area contributed by atoms with Gasteiger partial charge in [0, 0.05) is 25.5 Å². The standard InChI is InChI=1S/C18H22N2O4S/c1-4-23-12(2)17-20-16(11-25-17)18(22)24-10-15-7-5-14(6-8-15)9-19-13(3)21/h5-8,11-12H,4,9-10H2,1-3H3,(H,19,21). The van der Waals surface area contributed by atoms with Gasteiger partial charge in [0.2, 0.25) is 5.91 Å². The lowest BCUT2D eigenvalue weighted by Gasteiger charge is -2.07. The molecule has 1 atom stereocenters. The molecule has 0 aliphatic carbocycles. The molecule has 1 aromatic heterocycles. The maximum atomic E-state index is 12.1. The van der Waals surface area contributed by atoms with Crippen LogP contribution in [0.4, 0.5) is 0 Å². The summed E-state index contributed by atoms with van der Waals surface area (Å²) in [4.78, 5) is 27.3. The van der Waals surface area contributed by atoms with Crippen LogP contribution in [0, 0.1) is 0 Å². The summed E-state index contributed by atoms with van der Waals surface area (Å²) in [7, 11) is 0. The number of carbonyl (C=O) groups is 2. The molecular formula is C18H22N2O4S. The second kappa shape index (κ2) is 9.29. The summed E-state index contributed by atoms with van der Waals surface area (Å²) >= 11 is 1.39. The van der Waals surface area contributed by atoms with Gasteiger partial charge in [0.25, 0.3) is 0 Å². The Kier molecular flexibility index (Phi) is 7.09. The molecule has 0 bridgehead atoms. The largest absolute Gasteiger partial charge is 0.456 e. The number of benzene rings is 1. The van der Waals surface area contributed by atoms with E-state index in [1.165, 1.54) is 18.3 Å². The summed E-state index contributed by atoms with van der Waals surface area (Å²) in [6, 6.07) is 7.52. The SMILES string of the molecule is CCOC(C)c1nc(C(=O)OCc2ccc(CNC(C)=O)cc2)cs1. The molecule has 0 aliphatic heterocycles. The van der Waals surface area contributed by atoms with Crippen molar-refractivity contribution < 1.29 is 19.1 Å². The van der Waals surface area contributed by atoms with Gasteiger partial charge in [0.15, 0.2) is 5.69 Å². The first-order chi connectivity index (χ1) is 12.0. The van der Waals surface area contributed by atoms with Crippen molar-refractivity contribution in [2.75, 3.05) is 6.61 Å². The summed E-state index contributed by atoms with van der Waals surface area (Å²) in [5, 5.41) is 5.18. The quantitative estimate of drug-likeness (QED) is 0.730. The average Bonchev–Trinajstić information content (AvgIpc) is 3.09. The molecule has 2 rings (SSSR count). The Labute approximate surface area is 151 Å². The molecule has 1 N–H and O–H groups in total. The van der Waals surface area contributed by atoms with Crippen molar-refractivity contribution in [1.82, 2.24) is 10.3 Å². The zero-order valence-corrected chi connectivity index (χ0v) is 15.4. The normalized spacial score (nSPS) is 11.8. The summed E-state index contributed by atoms with van der Waals surface area (Å²) in [6.45, 7) is 6.55. The highest BCUT2D eigenvalue weighted by atomic mass is 32.1. The second-order valence-electron chi connectivity index (χ2n) is 5.47. The predicted octanol–water partition coefficient (Wildman–Crippen LogP) is 3.23. The number of ether oxygens (including phenoxy) is 2. The van der Waals surface area contributed by atoms with Crippen molar-refractivity contribution in [1.29, 1.82) is 0 Å². The van der Waals surface area contributed by atoms with E-state index >= 15 is 0 Å². The van der Waals surface area contributed by atoms with Crippen LogP contribution in [0.15, 0.2) is 29.6 Å². The van der Waals surface area contributed by atoms with Gasteiger partial charge in [-0.25, -0.2) is 9.78 Å². The first-order valence-corrected chi connectivity index (χ1v) is 8.94. The number of rotatable bonds is 8. The highest BCUT2D eigenvalue weighted by molar-refractivity contribution is 7.09. The molecule has 0 spiro atoms. The van der Waals surface area contributed by atoms with E-state index in [1.54, 1.807) is 5.38 Å². The first kappa shape index (κ1) is 19.1. The van der Waals surface area contributed by atoms with E-state index in [4.69, 9.17) is 9.47 Å². The topological polar surface area (TPSA) is 77.5 Å². The number of hydrogen-bond acceptors (Lipinski definition) is 6. The molecular weight excluding hydrogens is 340 g/mol. The Morgan fingerprint density at radius 3 is 2.56 bits per heavy atom. The molecule has 0 saturated heterocycles. The molecule has 0 aliphatic rings. The van der Waals surface area contributed by atoms with Crippen LogP contribution in [0.2, 0.25) is 0 Å². The lowest BCUT2D eigenvalue weighted by molar-refractivity contribution is -0.119. The molecule has 1 unspecified atom stereocenters. The Hall–Kier alpha value is -2.25. The van der Waals surface area contributed by atoms with E-state index in [-0.39, 0.29) is 18.6 Å². The zero-order chi connectivity index (χ0) is 18.2. The molecule has 25 heavy (non-hydrogen) atoms. The van der Waals surface area contributed by atoms with Crippen LogP contribution >= 0.6 is 11.3 Å². The summed E-state index contributed by atoms with van der Waals surface area (Å²) in [5.41, 5.74) is 2.16. The molecule has 7 heteroatoms. The minimum atomic E-state index is -0.450. The Morgan fingerprint density at radius 2 is 1.92 bits per heavy atom. The van der Waals surface area contributed by atoms with Gasteiger partial charge in [0.1, 0.15) is 17.7 Å². The highest BCUT2D eigenvalue weighted by Crippen LogP contribution is 2.21. The summed E-state index contributed by atoms with van der Waals surface area (Å²) in [6.07, 6.45) is -0.132. The first-order valence-electron chi connectivity index (χ1n) is 8.06. The molecule has 0 fully saturated rings. The average molecular weight is 362 g/mol. The van der Waals surface area contributed by atoms with Gasteiger partial charge in [-0.3, -0.25) is 4.79 Å². The lowest BCUT2D eigenvalue weighted by Crippen LogP contribution is -2.18. The molecule has 6 nitrogen and oxygen atoms in total. The van der Waals surface area contributed by atoms with Crippen LogP contribution in [0.5, 0.6) is 0 Å². The minimum Gasteiger partial charge on any atom is -0.456 e. The summed E-state index contributed by atoms with van der Waals surface area (Å²) in [5.74, 6) is -0.521. The fraction of sp³-hybridized carbons (Fsp3) is 0.389. The summed E-state index contributed by atoms with van der Waals surface area (Å²) < 4.78 is 10.8. The maximum absolute atomic E-state index is 12.1. The van der Waals surface area contributed by atoms with Crippen molar-refractivity contribution >= 4 is 23.2 Å². The lowest BCUT2D eigenvalue weighted by atomic mass is 10.1. The third-order valence-electron chi connectivity index (χ3n) is 3.43. The van der Waals surface area contributed by atoms with Crippen molar-refractivity contribution in [3.63, 3.8) is 0 Å². The highest BCUT2D eigenvalue weighted by Gasteiger charge is 2.16. The second-order valence-corrected chi connectivity index (χ2v) is 6.36. The smallest absolute Gasteiger partial charge is 0.358 e. The van der Waals surface area contributed by atoms with Crippen LogP contribution in [0.3, 0.4) is 0 Å². The Balaban J connectivity index is 1.86. The van der Waals surface area contributed by atoms with E-state index in [9.17, 15) is 9.59 Å². The molecule has 1 amide bonds. The van der Waals surface area contributed by atoms with Crippen LogP contribution < -0.4 is 5.32 Å². The van der Waals surface area contributed by atoms with Gasteiger partial charge in [0.05, 0.1) is 0 Å². The Morgan fingerprint density at radius 1 is 1.24 bits per heavy atom. The van der Waals surface area contributed by atoms with E-state index < -0.39 is 5.97 Å². The molecule has 2 aromatic rings. The van der Waals surface area contributed by atoms with E-state index in [0.717, 1.165) is 16.1 Å². The van der Waals surface area contributed by atoms with Gasteiger partial charge in [-0.1, -0.05) is 24.3 Å². The van der Waals surface area contributed by atoms with E-state index in [1.807, 2.05) is 38.1 Å². The maximum Gasteiger partial charge on any atom is 0.358 e. The van der Waals surface area contributed by atoms with Gasteiger partial charge in [-0.05, 0) is 25.0 Å². The number of amides is 1. The van der Waals surface area contributed by atoms with E-state index in [0.29, 0.717) is 18.8 Å². The van der Waals surface area contributed by atoms with Crippen LogP contribution in [-0.2, 0) is 27.4 Å². The number of nitrogens with zero attached hydrogens (tertiary/aromatic N) is 1. The van der Waals surface area contributed by atoms with Crippen molar-refractivity contribution in [2.24, 2.45) is 0 Å².